The summed E-state index contributed by atoms with van der Waals surface area (Å²) in [5.74, 6) is 0.502. The van der Waals surface area contributed by atoms with Gasteiger partial charge in [-0.25, -0.2) is 4.98 Å². The minimum atomic E-state index is 0.502. The van der Waals surface area contributed by atoms with Crippen molar-refractivity contribution in [3.05, 3.63) is 95.6 Å². The van der Waals surface area contributed by atoms with Crippen LogP contribution in [0.5, 0.6) is 0 Å². The highest BCUT2D eigenvalue weighted by Crippen LogP contribution is 2.42. The highest BCUT2D eigenvalue weighted by molar-refractivity contribution is 6.33. The van der Waals surface area contributed by atoms with Crippen molar-refractivity contribution in [1.82, 2.24) is 9.97 Å². The number of anilines is 2. The van der Waals surface area contributed by atoms with Crippen LogP contribution in [0.25, 0.3) is 22.9 Å². The molecule has 0 atom stereocenters. The van der Waals surface area contributed by atoms with E-state index in [1.54, 1.807) is 6.20 Å². The van der Waals surface area contributed by atoms with E-state index in [4.69, 9.17) is 16.0 Å². The Balaban J connectivity index is 1.65. The first-order valence-corrected chi connectivity index (χ1v) is 8.92. The number of benzene rings is 2. The number of hydrogen-bond donors (Lipinski definition) is 0. The molecule has 130 valence electrons. The number of halogens is 1. The number of fused-ring (bicyclic) bond motifs is 2. The number of aromatic nitrogens is 2. The van der Waals surface area contributed by atoms with E-state index in [0.29, 0.717) is 22.3 Å². The molecule has 0 bridgehead atoms. The van der Waals surface area contributed by atoms with Crippen LogP contribution >= 0.6 is 11.6 Å². The van der Waals surface area contributed by atoms with Gasteiger partial charge in [-0.05, 0) is 42.0 Å². The molecule has 0 fully saturated rings. The smallest absolute Gasteiger partial charge is 0.222 e. The monoisotopic (exact) mass is 371 g/mol. The predicted octanol–water partition coefficient (Wildman–Crippen LogP) is 6.00. The van der Waals surface area contributed by atoms with Gasteiger partial charge in [0.15, 0.2) is 11.2 Å². The van der Waals surface area contributed by atoms with Gasteiger partial charge in [0.25, 0.3) is 0 Å². The summed E-state index contributed by atoms with van der Waals surface area (Å²) < 4.78 is 5.80. The van der Waals surface area contributed by atoms with Crippen LogP contribution < -0.4 is 4.90 Å². The molecule has 0 amide bonds. The van der Waals surface area contributed by atoms with Crippen LogP contribution in [0, 0.1) is 0 Å². The average molecular weight is 372 g/mol. The van der Waals surface area contributed by atoms with Crippen molar-refractivity contribution in [2.24, 2.45) is 0 Å². The minimum Gasteiger partial charge on any atom is -0.435 e. The third kappa shape index (κ3) is 2.80. The molecule has 4 aromatic rings. The van der Waals surface area contributed by atoms with E-state index in [-0.39, 0.29) is 0 Å². The third-order valence-corrected chi connectivity index (χ3v) is 4.70. The first kappa shape index (κ1) is 15.9. The van der Waals surface area contributed by atoms with Crippen LogP contribution in [0.15, 0.2) is 88.6 Å². The van der Waals surface area contributed by atoms with E-state index in [9.17, 15) is 0 Å². The Morgan fingerprint density at radius 1 is 0.926 bits per heavy atom. The second-order valence-electron chi connectivity index (χ2n) is 6.13. The van der Waals surface area contributed by atoms with E-state index in [1.165, 1.54) is 0 Å². The summed E-state index contributed by atoms with van der Waals surface area (Å²) >= 11 is 6.67. The van der Waals surface area contributed by atoms with Gasteiger partial charge in [-0.1, -0.05) is 48.0 Å². The maximum absolute atomic E-state index is 6.67. The Morgan fingerprint density at radius 3 is 2.59 bits per heavy atom. The normalized spacial score (nSPS) is 15.1. The summed E-state index contributed by atoms with van der Waals surface area (Å²) in [5, 5.41) is 0.611. The maximum atomic E-state index is 6.67. The van der Waals surface area contributed by atoms with E-state index < -0.39 is 0 Å². The molecule has 5 heteroatoms. The molecule has 2 aromatic carbocycles. The lowest BCUT2D eigenvalue weighted by Gasteiger charge is -2.30. The molecule has 0 unspecified atom stereocenters. The number of pyridine rings is 1. The van der Waals surface area contributed by atoms with E-state index in [0.717, 1.165) is 22.5 Å². The van der Waals surface area contributed by atoms with Crippen LogP contribution in [0.2, 0.25) is 0 Å². The lowest BCUT2D eigenvalue weighted by molar-refractivity contribution is 0.589. The van der Waals surface area contributed by atoms with Crippen molar-refractivity contribution in [3.8, 4) is 0 Å². The predicted molar refractivity (Wildman–Crippen MR) is 109 cm³/mol. The molecule has 5 rings (SSSR count). The molecule has 0 radical (unpaired) electrons. The van der Waals surface area contributed by atoms with Crippen molar-refractivity contribution in [3.63, 3.8) is 0 Å². The number of oxazole rings is 1. The number of nitrogens with zero attached hydrogens (tertiary/aromatic N) is 3. The molecular formula is C22H14ClN3O. The average Bonchev–Trinajstić information content (AvgIpc) is 3.11. The van der Waals surface area contributed by atoms with Gasteiger partial charge >= 0.3 is 0 Å². The summed E-state index contributed by atoms with van der Waals surface area (Å²) in [6.07, 6.45) is 5.52. The summed E-state index contributed by atoms with van der Waals surface area (Å²) in [4.78, 5) is 10.7. The fraction of sp³-hybridized carbons (Fsp3) is 0. The van der Waals surface area contributed by atoms with Crippen LogP contribution in [0.4, 0.5) is 11.4 Å². The fourth-order valence-electron chi connectivity index (χ4n) is 3.24. The van der Waals surface area contributed by atoms with Gasteiger partial charge in [0.05, 0.1) is 5.69 Å². The van der Waals surface area contributed by atoms with Gasteiger partial charge in [-0.3, -0.25) is 0 Å². The topological polar surface area (TPSA) is 42.2 Å². The zero-order valence-electron chi connectivity index (χ0n) is 14.2. The molecule has 0 N–H and O–H groups in total. The number of rotatable bonds is 2. The van der Waals surface area contributed by atoms with Crippen LogP contribution in [0.1, 0.15) is 11.5 Å². The molecule has 2 aromatic heterocycles. The molecule has 4 nitrogen and oxygen atoms in total. The quantitative estimate of drug-likeness (QED) is 0.405. The molecule has 3 heterocycles. The van der Waals surface area contributed by atoms with Gasteiger partial charge in [0.2, 0.25) is 5.89 Å². The van der Waals surface area contributed by atoms with E-state index in [2.05, 4.69) is 22.1 Å². The molecule has 0 saturated carbocycles. The standard InChI is InChI=1S/C22H14ClN3O/c23-20-13-15(14-21-25-22-19(27-21)11-6-12-24-22)17-9-4-5-10-18(17)26(20)16-7-2-1-3-8-16/h1-14H/b15-14+. The summed E-state index contributed by atoms with van der Waals surface area (Å²) in [6, 6.07) is 21.9. The second kappa shape index (κ2) is 6.41. The SMILES string of the molecule is ClC1=C/C(=C\c2nc3ncccc3o2)c2ccccc2N1c1ccccc1. The Hall–Kier alpha value is -3.37. The Morgan fingerprint density at radius 2 is 1.74 bits per heavy atom. The maximum Gasteiger partial charge on any atom is 0.222 e. The summed E-state index contributed by atoms with van der Waals surface area (Å²) in [6.45, 7) is 0. The van der Waals surface area contributed by atoms with Crippen molar-refractivity contribution < 1.29 is 4.42 Å². The zero-order chi connectivity index (χ0) is 18.2. The van der Waals surface area contributed by atoms with Crippen molar-refractivity contribution in [2.75, 3.05) is 4.90 Å². The van der Waals surface area contributed by atoms with Crippen molar-refractivity contribution >= 4 is 45.9 Å². The van der Waals surface area contributed by atoms with E-state index >= 15 is 0 Å². The molecule has 0 spiro atoms. The van der Waals surface area contributed by atoms with Gasteiger partial charge in [-0.2, -0.15) is 4.98 Å². The second-order valence-corrected chi connectivity index (χ2v) is 6.52. The summed E-state index contributed by atoms with van der Waals surface area (Å²) in [5.41, 5.74) is 5.27. The zero-order valence-corrected chi connectivity index (χ0v) is 15.0. The Labute approximate surface area is 161 Å². The molecule has 0 aliphatic carbocycles. The first-order valence-electron chi connectivity index (χ1n) is 8.55. The van der Waals surface area contributed by atoms with Crippen molar-refractivity contribution in [1.29, 1.82) is 0 Å². The number of allylic oxidation sites excluding steroid dienone is 2. The Kier molecular flexibility index (Phi) is 3.77. The minimum absolute atomic E-state index is 0.502. The highest BCUT2D eigenvalue weighted by Gasteiger charge is 2.23. The van der Waals surface area contributed by atoms with Gasteiger partial charge in [-0.15, -0.1) is 0 Å². The molecular weight excluding hydrogens is 358 g/mol. The largest absolute Gasteiger partial charge is 0.435 e. The van der Waals surface area contributed by atoms with Crippen molar-refractivity contribution in [2.45, 2.75) is 0 Å². The first-order chi connectivity index (χ1) is 13.3. The summed E-state index contributed by atoms with van der Waals surface area (Å²) in [7, 11) is 0. The molecule has 27 heavy (non-hydrogen) atoms. The number of hydrogen-bond acceptors (Lipinski definition) is 4. The van der Waals surface area contributed by atoms with Crippen LogP contribution in [-0.2, 0) is 0 Å². The lowest BCUT2D eigenvalue weighted by atomic mass is 9.99. The molecule has 0 saturated heterocycles. The molecule has 1 aliphatic heterocycles. The van der Waals surface area contributed by atoms with Gasteiger partial charge < -0.3 is 9.32 Å². The molecule has 1 aliphatic rings. The van der Waals surface area contributed by atoms with Crippen LogP contribution in [0.3, 0.4) is 0 Å². The van der Waals surface area contributed by atoms with Crippen LogP contribution in [-0.4, -0.2) is 9.97 Å². The highest BCUT2D eigenvalue weighted by atomic mass is 35.5. The number of para-hydroxylation sites is 2. The van der Waals surface area contributed by atoms with Gasteiger partial charge in [0, 0.05) is 23.5 Å². The lowest BCUT2D eigenvalue weighted by Crippen LogP contribution is -2.17. The fourth-order valence-corrected chi connectivity index (χ4v) is 3.54. The third-order valence-electron chi connectivity index (χ3n) is 4.42. The Bertz CT molecular complexity index is 1160. The van der Waals surface area contributed by atoms with E-state index in [1.807, 2.05) is 71.6 Å². The van der Waals surface area contributed by atoms with Gasteiger partial charge in [0.1, 0.15) is 5.16 Å².